The molecule has 4 amide bonds. The summed E-state index contributed by atoms with van der Waals surface area (Å²) in [6, 6.07) is 4.31. The van der Waals surface area contributed by atoms with Gasteiger partial charge < -0.3 is 36.6 Å². The van der Waals surface area contributed by atoms with Crippen molar-refractivity contribution in [3.63, 3.8) is 0 Å². The van der Waals surface area contributed by atoms with Crippen LogP contribution in [0.1, 0.15) is 55.8 Å². The number of amides is 4. The van der Waals surface area contributed by atoms with Crippen LogP contribution < -0.4 is 21.3 Å². The van der Waals surface area contributed by atoms with Gasteiger partial charge >= 0.3 is 23.9 Å². The highest BCUT2D eigenvalue weighted by Crippen LogP contribution is 2.10. The first-order valence-corrected chi connectivity index (χ1v) is 11.3. The molecule has 2 unspecified atom stereocenters. The van der Waals surface area contributed by atoms with E-state index in [1.54, 1.807) is 0 Å². The van der Waals surface area contributed by atoms with Crippen LogP contribution >= 0.6 is 0 Å². The van der Waals surface area contributed by atoms with Crippen LogP contribution in [0.25, 0.3) is 0 Å². The molecule has 0 fully saturated rings. The van der Waals surface area contributed by atoms with Crippen molar-refractivity contribution in [3.8, 4) is 0 Å². The number of carboxylic acids is 3. The van der Waals surface area contributed by atoms with Gasteiger partial charge in [-0.3, -0.25) is 19.2 Å². The fourth-order valence-electron chi connectivity index (χ4n) is 2.58. The number of halogens is 1. The molecule has 0 bridgehead atoms. The zero-order chi connectivity index (χ0) is 28.4. The third kappa shape index (κ3) is 16.1. The van der Waals surface area contributed by atoms with E-state index in [-0.39, 0.29) is 25.2 Å². The Kier molecular flexibility index (Phi) is 16.0. The molecule has 13 nitrogen and oxygen atoms in total. The number of unbranched alkanes of at least 4 members (excludes halogenated alkanes) is 2. The van der Waals surface area contributed by atoms with Crippen LogP contribution in [0.4, 0.5) is 14.9 Å². The summed E-state index contributed by atoms with van der Waals surface area (Å²) in [5.74, 6) is -4.16. The average molecular weight is 529 g/mol. The van der Waals surface area contributed by atoms with E-state index >= 15 is 0 Å². The largest absolute Gasteiger partial charge is 0.481 e. The number of benzene rings is 1. The number of carboxylic acid groups (broad SMARTS) is 3. The Balaban J connectivity index is 0.000000795. The summed E-state index contributed by atoms with van der Waals surface area (Å²) in [4.78, 5) is 64.8. The lowest BCUT2D eigenvalue weighted by Gasteiger charge is -2.12. The van der Waals surface area contributed by atoms with Gasteiger partial charge in [0, 0.05) is 37.7 Å². The van der Waals surface area contributed by atoms with Gasteiger partial charge in [0.25, 0.3) is 11.8 Å². The second kappa shape index (κ2) is 18.1. The molecule has 0 saturated carbocycles. The maximum atomic E-state index is 12.8. The molecule has 37 heavy (non-hydrogen) atoms. The zero-order valence-electron chi connectivity index (χ0n) is 20.6. The Hall–Kier alpha value is -4.23. The molecule has 0 saturated heterocycles. The fraction of sp³-hybridized carbons (Fsp3) is 0.478. The van der Waals surface area contributed by atoms with Gasteiger partial charge in [-0.05, 0) is 50.5 Å². The van der Waals surface area contributed by atoms with Crippen LogP contribution in [-0.2, 0) is 19.2 Å². The van der Waals surface area contributed by atoms with Gasteiger partial charge in [-0.2, -0.15) is 0 Å². The number of carbonyl (C=O) groups is 6. The molecule has 1 aromatic rings. The number of hydrogen-bond donors (Lipinski definition) is 7. The number of alkyl halides is 1. The smallest absolute Gasteiger partial charge is 0.326 e. The van der Waals surface area contributed by atoms with Crippen molar-refractivity contribution >= 4 is 41.4 Å². The molecular weight excluding hydrogens is 495 g/mol. The van der Waals surface area contributed by atoms with Gasteiger partial charge in [-0.15, -0.1) is 0 Å². The SMILES string of the molecule is CC(F)C(=O)Nc1ccc(C(=O)NCCCCCC(=O)O)cc1.CNC(=O)NC(CCC(=O)O)C(=O)O. The first kappa shape index (κ1) is 32.8. The molecule has 1 rings (SSSR count). The summed E-state index contributed by atoms with van der Waals surface area (Å²) in [6.07, 6.45) is 0.129. The molecule has 0 heterocycles. The predicted octanol–water partition coefficient (Wildman–Crippen LogP) is 1.59. The van der Waals surface area contributed by atoms with E-state index in [0.29, 0.717) is 30.6 Å². The Morgan fingerprint density at radius 2 is 1.49 bits per heavy atom. The zero-order valence-corrected chi connectivity index (χ0v) is 20.6. The number of hydrogen-bond acceptors (Lipinski definition) is 6. The second-order valence-electron chi connectivity index (χ2n) is 7.69. The summed E-state index contributed by atoms with van der Waals surface area (Å²) in [6.45, 7) is 1.61. The highest BCUT2D eigenvalue weighted by Gasteiger charge is 2.20. The van der Waals surface area contributed by atoms with Gasteiger partial charge in [0.05, 0.1) is 0 Å². The number of urea groups is 1. The molecule has 2 atom stereocenters. The Morgan fingerprint density at radius 3 is 1.97 bits per heavy atom. The monoisotopic (exact) mass is 528 g/mol. The Labute approximate surface area is 212 Å². The minimum Gasteiger partial charge on any atom is -0.481 e. The normalized spacial score (nSPS) is 11.5. The predicted molar refractivity (Wildman–Crippen MR) is 130 cm³/mol. The van der Waals surface area contributed by atoms with Crippen molar-refractivity contribution in [2.45, 2.75) is 57.7 Å². The second-order valence-corrected chi connectivity index (χ2v) is 7.69. The number of carbonyl (C=O) groups excluding carboxylic acids is 3. The summed E-state index contributed by atoms with van der Waals surface area (Å²) in [7, 11) is 1.34. The van der Waals surface area contributed by atoms with Crippen molar-refractivity contribution in [3.05, 3.63) is 29.8 Å². The molecule has 0 aliphatic heterocycles. The number of nitrogens with one attached hydrogen (secondary N) is 4. The third-order valence-corrected chi connectivity index (χ3v) is 4.61. The van der Waals surface area contributed by atoms with Crippen LogP contribution in [0.2, 0.25) is 0 Å². The van der Waals surface area contributed by atoms with E-state index in [2.05, 4.69) is 21.3 Å². The Morgan fingerprint density at radius 1 is 0.892 bits per heavy atom. The summed E-state index contributed by atoms with van der Waals surface area (Å²) in [5.41, 5.74) is 0.853. The van der Waals surface area contributed by atoms with Crippen molar-refractivity contribution in [2.24, 2.45) is 0 Å². The highest BCUT2D eigenvalue weighted by atomic mass is 19.1. The molecule has 206 valence electrons. The van der Waals surface area contributed by atoms with Crippen molar-refractivity contribution in [1.82, 2.24) is 16.0 Å². The average Bonchev–Trinajstić information content (AvgIpc) is 2.83. The number of aliphatic carboxylic acids is 3. The van der Waals surface area contributed by atoms with Crippen LogP contribution in [0.3, 0.4) is 0 Å². The van der Waals surface area contributed by atoms with Crippen LogP contribution in [0, 0.1) is 0 Å². The molecule has 0 spiro atoms. The van der Waals surface area contributed by atoms with E-state index in [1.807, 2.05) is 0 Å². The van der Waals surface area contributed by atoms with E-state index < -0.39 is 42.1 Å². The molecule has 14 heteroatoms. The molecule has 0 aromatic heterocycles. The quantitative estimate of drug-likeness (QED) is 0.174. The lowest BCUT2D eigenvalue weighted by Crippen LogP contribution is -2.45. The summed E-state index contributed by atoms with van der Waals surface area (Å²) < 4.78 is 12.8. The molecule has 0 radical (unpaired) electrons. The fourth-order valence-corrected chi connectivity index (χ4v) is 2.58. The van der Waals surface area contributed by atoms with E-state index in [9.17, 15) is 33.2 Å². The van der Waals surface area contributed by atoms with Gasteiger partial charge in [0.1, 0.15) is 6.04 Å². The van der Waals surface area contributed by atoms with E-state index in [1.165, 1.54) is 31.3 Å². The van der Waals surface area contributed by atoms with Crippen molar-refractivity contribution in [1.29, 1.82) is 0 Å². The molecule has 7 N–H and O–H groups in total. The van der Waals surface area contributed by atoms with E-state index in [4.69, 9.17) is 15.3 Å². The topological polar surface area (TPSA) is 211 Å². The number of rotatable bonds is 14. The summed E-state index contributed by atoms with van der Waals surface area (Å²) in [5, 5.41) is 34.8. The molecule has 0 aliphatic carbocycles. The van der Waals surface area contributed by atoms with Crippen molar-refractivity contribution < 1.29 is 48.5 Å². The van der Waals surface area contributed by atoms with Crippen LogP contribution in [-0.4, -0.2) is 76.9 Å². The third-order valence-electron chi connectivity index (χ3n) is 4.61. The first-order chi connectivity index (χ1) is 17.4. The standard InChI is InChI=1S/C16H21FN2O4.C7H12N2O5/c1-11(17)15(22)19-13-8-6-12(7-9-13)16(23)18-10-4-2-3-5-14(20)21;1-8-7(14)9-4(6(12)13)2-3-5(10)11/h6-9,11H,2-5,10H2,1H3,(H,18,23)(H,19,22)(H,20,21);4H,2-3H2,1H3,(H,10,11)(H,12,13)(H2,8,9,14). The maximum absolute atomic E-state index is 12.8. The van der Waals surface area contributed by atoms with Crippen LogP contribution in [0.15, 0.2) is 24.3 Å². The maximum Gasteiger partial charge on any atom is 0.326 e. The van der Waals surface area contributed by atoms with Crippen molar-refractivity contribution in [2.75, 3.05) is 18.9 Å². The molecule has 1 aromatic carbocycles. The van der Waals surface area contributed by atoms with Crippen LogP contribution in [0.5, 0.6) is 0 Å². The van der Waals surface area contributed by atoms with E-state index in [0.717, 1.165) is 13.3 Å². The minimum absolute atomic E-state index is 0.138. The summed E-state index contributed by atoms with van der Waals surface area (Å²) >= 11 is 0. The molecular formula is C23H33FN4O9. The van der Waals surface area contributed by atoms with Gasteiger partial charge in [0.15, 0.2) is 6.17 Å². The lowest BCUT2D eigenvalue weighted by molar-refractivity contribution is -0.141. The Bertz CT molecular complexity index is 923. The number of anilines is 1. The van der Waals surface area contributed by atoms with Gasteiger partial charge in [-0.1, -0.05) is 6.42 Å². The van der Waals surface area contributed by atoms with Gasteiger partial charge in [-0.25, -0.2) is 14.0 Å². The highest BCUT2D eigenvalue weighted by molar-refractivity contribution is 5.96. The first-order valence-electron chi connectivity index (χ1n) is 11.3. The lowest BCUT2D eigenvalue weighted by atomic mass is 10.1. The van der Waals surface area contributed by atoms with Gasteiger partial charge in [0.2, 0.25) is 0 Å². The molecule has 0 aliphatic rings. The minimum atomic E-state index is -1.60.